The molecule has 0 amide bonds. The van der Waals surface area contributed by atoms with Crippen molar-refractivity contribution >= 4 is 17.4 Å². The van der Waals surface area contributed by atoms with Gasteiger partial charge >= 0.3 is 0 Å². The second-order valence-electron chi connectivity index (χ2n) is 4.07. The van der Waals surface area contributed by atoms with Crippen molar-refractivity contribution in [2.24, 2.45) is 7.05 Å². The van der Waals surface area contributed by atoms with E-state index in [-0.39, 0.29) is 12.2 Å². The van der Waals surface area contributed by atoms with Gasteiger partial charge in [-0.15, -0.1) is 0 Å². The second kappa shape index (κ2) is 4.72. The van der Waals surface area contributed by atoms with E-state index in [4.69, 9.17) is 11.6 Å². The summed E-state index contributed by atoms with van der Waals surface area (Å²) in [5.74, 6) is -0.0173. The van der Waals surface area contributed by atoms with Crippen LogP contribution in [-0.2, 0) is 13.5 Å². The van der Waals surface area contributed by atoms with Crippen LogP contribution < -0.4 is 0 Å². The first-order chi connectivity index (χ1) is 8.06. The summed E-state index contributed by atoms with van der Waals surface area (Å²) in [6.45, 7) is 1.97. The number of carbonyl (C=O) groups is 1. The lowest BCUT2D eigenvalue weighted by Gasteiger charge is -2.03. The molecule has 0 saturated carbocycles. The average molecular weight is 249 g/mol. The van der Waals surface area contributed by atoms with Gasteiger partial charge in [-0.3, -0.25) is 9.48 Å². The predicted molar refractivity (Wildman–Crippen MR) is 67.4 cm³/mol. The lowest BCUT2D eigenvalue weighted by molar-refractivity contribution is 0.0987. The fourth-order valence-corrected chi connectivity index (χ4v) is 1.92. The zero-order chi connectivity index (χ0) is 12.4. The molecule has 0 saturated heterocycles. The average Bonchev–Trinajstić information content (AvgIpc) is 2.69. The van der Waals surface area contributed by atoms with Crippen LogP contribution >= 0.6 is 11.6 Å². The molecule has 1 heterocycles. The summed E-state index contributed by atoms with van der Waals surface area (Å²) in [5, 5.41) is 4.71. The van der Waals surface area contributed by atoms with Crippen LogP contribution in [0.4, 0.5) is 0 Å². The van der Waals surface area contributed by atoms with E-state index in [2.05, 4.69) is 5.10 Å². The number of Topliss-reactive ketones (excluding diaryl/α,β-unsaturated/α-hetero) is 1. The molecule has 0 spiro atoms. The first kappa shape index (κ1) is 11.9. The maximum atomic E-state index is 11.9. The van der Waals surface area contributed by atoms with Gasteiger partial charge in [-0.1, -0.05) is 23.7 Å². The minimum Gasteiger partial charge on any atom is -0.292 e. The maximum absolute atomic E-state index is 11.9. The van der Waals surface area contributed by atoms with Crippen molar-refractivity contribution < 1.29 is 4.79 Å². The van der Waals surface area contributed by atoms with Crippen molar-refractivity contribution in [3.8, 4) is 0 Å². The molecular formula is C13H13ClN2O. The lowest BCUT2D eigenvalue weighted by atomic mass is 10.1. The Bertz CT molecular complexity index is 560. The maximum Gasteiger partial charge on any atom is 0.187 e. The Hall–Kier alpha value is -1.61. The van der Waals surface area contributed by atoms with Gasteiger partial charge in [0.2, 0.25) is 0 Å². The summed E-state index contributed by atoms with van der Waals surface area (Å²) >= 11 is 6.09. The fraction of sp³-hybridized carbons (Fsp3) is 0.231. The zero-order valence-corrected chi connectivity index (χ0v) is 10.5. The van der Waals surface area contributed by atoms with E-state index in [1.807, 2.05) is 25.1 Å². The molecule has 2 aromatic rings. The number of aryl methyl sites for hydroxylation is 2. The zero-order valence-electron chi connectivity index (χ0n) is 9.77. The van der Waals surface area contributed by atoms with Crippen molar-refractivity contribution in [3.63, 3.8) is 0 Å². The standard InChI is InChI=1S/C13H13ClN2O/c1-9-3-4-10(11(14)7-9)8-13(17)12-5-6-16(2)15-12/h3-7H,8H2,1-2H3. The normalized spacial score (nSPS) is 10.5. The first-order valence-corrected chi connectivity index (χ1v) is 5.72. The smallest absolute Gasteiger partial charge is 0.187 e. The highest BCUT2D eigenvalue weighted by atomic mass is 35.5. The van der Waals surface area contributed by atoms with Crippen LogP contribution in [-0.4, -0.2) is 15.6 Å². The van der Waals surface area contributed by atoms with Gasteiger partial charge in [-0.2, -0.15) is 5.10 Å². The summed E-state index contributed by atoms with van der Waals surface area (Å²) in [6.07, 6.45) is 2.04. The molecule has 3 nitrogen and oxygen atoms in total. The summed E-state index contributed by atoms with van der Waals surface area (Å²) in [6, 6.07) is 7.42. The van der Waals surface area contributed by atoms with Crippen molar-refractivity contribution in [2.75, 3.05) is 0 Å². The third-order valence-corrected chi connectivity index (χ3v) is 2.91. The predicted octanol–water partition coefficient (Wildman–Crippen LogP) is 2.81. The van der Waals surface area contributed by atoms with Crippen LogP contribution in [0.1, 0.15) is 21.6 Å². The van der Waals surface area contributed by atoms with E-state index in [0.717, 1.165) is 11.1 Å². The molecule has 17 heavy (non-hydrogen) atoms. The molecule has 0 aliphatic rings. The summed E-state index contributed by atoms with van der Waals surface area (Å²) in [5.41, 5.74) is 2.40. The highest BCUT2D eigenvalue weighted by Gasteiger charge is 2.11. The summed E-state index contributed by atoms with van der Waals surface area (Å²) in [7, 11) is 1.79. The van der Waals surface area contributed by atoms with Crippen molar-refractivity contribution in [2.45, 2.75) is 13.3 Å². The summed E-state index contributed by atoms with van der Waals surface area (Å²) in [4.78, 5) is 11.9. The number of ketones is 1. The molecule has 2 rings (SSSR count). The Morgan fingerprint density at radius 2 is 2.18 bits per heavy atom. The van der Waals surface area contributed by atoms with E-state index in [0.29, 0.717) is 10.7 Å². The largest absolute Gasteiger partial charge is 0.292 e. The Morgan fingerprint density at radius 3 is 2.76 bits per heavy atom. The number of aromatic nitrogens is 2. The van der Waals surface area contributed by atoms with Gasteiger partial charge < -0.3 is 0 Å². The van der Waals surface area contributed by atoms with Crippen LogP contribution in [0, 0.1) is 6.92 Å². The number of carbonyl (C=O) groups excluding carboxylic acids is 1. The summed E-state index contributed by atoms with van der Waals surface area (Å²) < 4.78 is 1.62. The first-order valence-electron chi connectivity index (χ1n) is 5.34. The quantitative estimate of drug-likeness (QED) is 0.783. The molecule has 0 fully saturated rings. The van der Waals surface area contributed by atoms with E-state index in [9.17, 15) is 4.79 Å². The van der Waals surface area contributed by atoms with E-state index < -0.39 is 0 Å². The molecule has 0 bridgehead atoms. The van der Waals surface area contributed by atoms with Crippen molar-refractivity contribution in [1.29, 1.82) is 0 Å². The Balaban J connectivity index is 2.18. The SMILES string of the molecule is Cc1ccc(CC(=O)c2ccn(C)n2)c(Cl)c1. The monoisotopic (exact) mass is 248 g/mol. The topological polar surface area (TPSA) is 34.9 Å². The number of halogens is 1. The molecule has 0 N–H and O–H groups in total. The minimum atomic E-state index is -0.0173. The number of nitrogens with zero attached hydrogens (tertiary/aromatic N) is 2. The van der Waals surface area contributed by atoms with Crippen molar-refractivity contribution in [1.82, 2.24) is 9.78 Å². The minimum absolute atomic E-state index is 0.0173. The molecular weight excluding hydrogens is 236 g/mol. The van der Waals surface area contributed by atoms with Gasteiger partial charge in [0, 0.05) is 24.7 Å². The number of benzene rings is 1. The Labute approximate surface area is 105 Å². The number of hydrogen-bond donors (Lipinski definition) is 0. The van der Waals surface area contributed by atoms with Crippen LogP contribution in [0.5, 0.6) is 0 Å². The Morgan fingerprint density at radius 1 is 1.41 bits per heavy atom. The van der Waals surface area contributed by atoms with E-state index >= 15 is 0 Å². The molecule has 1 aromatic carbocycles. The van der Waals surface area contributed by atoms with Crippen LogP contribution in [0.2, 0.25) is 5.02 Å². The van der Waals surface area contributed by atoms with Crippen LogP contribution in [0.15, 0.2) is 30.5 Å². The van der Waals surface area contributed by atoms with Gasteiger partial charge in [0.15, 0.2) is 5.78 Å². The van der Waals surface area contributed by atoms with Gasteiger partial charge in [-0.05, 0) is 30.2 Å². The van der Waals surface area contributed by atoms with E-state index in [1.165, 1.54) is 0 Å². The van der Waals surface area contributed by atoms with Gasteiger partial charge in [0.25, 0.3) is 0 Å². The van der Waals surface area contributed by atoms with Crippen LogP contribution in [0.25, 0.3) is 0 Å². The fourth-order valence-electron chi connectivity index (χ4n) is 1.62. The molecule has 1 aromatic heterocycles. The molecule has 0 radical (unpaired) electrons. The molecule has 88 valence electrons. The molecule has 4 heteroatoms. The molecule has 0 atom stereocenters. The molecule has 0 aliphatic carbocycles. The highest BCUT2D eigenvalue weighted by Crippen LogP contribution is 2.19. The Kier molecular flexibility index (Phi) is 3.29. The second-order valence-corrected chi connectivity index (χ2v) is 4.48. The third kappa shape index (κ3) is 2.74. The van der Waals surface area contributed by atoms with Gasteiger partial charge in [0.05, 0.1) is 0 Å². The van der Waals surface area contributed by atoms with Gasteiger partial charge in [-0.25, -0.2) is 0 Å². The third-order valence-electron chi connectivity index (χ3n) is 2.56. The number of rotatable bonds is 3. The molecule has 0 unspecified atom stereocenters. The highest BCUT2D eigenvalue weighted by molar-refractivity contribution is 6.31. The molecule has 0 aliphatic heterocycles. The van der Waals surface area contributed by atoms with Crippen LogP contribution in [0.3, 0.4) is 0 Å². The van der Waals surface area contributed by atoms with Crippen molar-refractivity contribution in [3.05, 3.63) is 52.3 Å². The van der Waals surface area contributed by atoms with E-state index in [1.54, 1.807) is 24.0 Å². The lowest BCUT2D eigenvalue weighted by Crippen LogP contribution is -2.05. The van der Waals surface area contributed by atoms with Gasteiger partial charge in [0.1, 0.15) is 5.69 Å². The number of hydrogen-bond acceptors (Lipinski definition) is 2.